The van der Waals surface area contributed by atoms with Gasteiger partial charge in [-0.1, -0.05) is 30.3 Å². The molecule has 1 atom stereocenters. The summed E-state index contributed by atoms with van der Waals surface area (Å²) in [5.41, 5.74) is 1.16. The molecule has 4 heteroatoms. The highest BCUT2D eigenvalue weighted by Gasteiger charge is 2.26. The van der Waals surface area contributed by atoms with Gasteiger partial charge in [0, 0.05) is 31.7 Å². The highest BCUT2D eigenvalue weighted by molar-refractivity contribution is 5.88. The zero-order valence-electron chi connectivity index (χ0n) is 13.6. The van der Waals surface area contributed by atoms with Crippen molar-refractivity contribution in [1.29, 1.82) is 5.26 Å². The second-order valence-electron chi connectivity index (χ2n) is 5.80. The Morgan fingerprint density at radius 1 is 1.22 bits per heavy atom. The molecule has 1 heterocycles. The maximum Gasteiger partial charge on any atom is 0.124 e. The Hall–Kier alpha value is -2.09. The van der Waals surface area contributed by atoms with Gasteiger partial charge in [-0.05, 0) is 23.8 Å². The van der Waals surface area contributed by atoms with E-state index in [1.165, 1.54) is 10.8 Å². The molecule has 1 aliphatic heterocycles. The molecule has 0 unspecified atom stereocenters. The van der Waals surface area contributed by atoms with Crippen molar-refractivity contribution in [3.63, 3.8) is 0 Å². The van der Waals surface area contributed by atoms with Gasteiger partial charge in [0.05, 0.1) is 25.1 Å². The van der Waals surface area contributed by atoms with E-state index in [1.807, 2.05) is 13.0 Å². The Labute approximate surface area is 137 Å². The van der Waals surface area contributed by atoms with Crippen molar-refractivity contribution < 1.29 is 4.74 Å². The van der Waals surface area contributed by atoms with Gasteiger partial charge in [-0.25, -0.2) is 0 Å². The minimum absolute atomic E-state index is 0.0785. The van der Waals surface area contributed by atoms with Crippen LogP contribution in [0.5, 0.6) is 5.75 Å². The molecule has 1 N–H and O–H groups in total. The number of fused-ring (bicyclic) bond motifs is 1. The van der Waals surface area contributed by atoms with E-state index in [0.29, 0.717) is 13.0 Å². The summed E-state index contributed by atoms with van der Waals surface area (Å²) < 4.78 is 5.91. The van der Waals surface area contributed by atoms with Gasteiger partial charge in [0.1, 0.15) is 5.75 Å². The Balaban J connectivity index is 2.12. The molecule has 3 rings (SSSR count). The summed E-state index contributed by atoms with van der Waals surface area (Å²) in [6.07, 6.45) is 0.480. The highest BCUT2D eigenvalue weighted by atomic mass is 16.5. The molecule has 0 radical (unpaired) electrons. The predicted molar refractivity (Wildman–Crippen MR) is 92.5 cm³/mol. The summed E-state index contributed by atoms with van der Waals surface area (Å²) in [7, 11) is 0. The zero-order valence-corrected chi connectivity index (χ0v) is 13.6. The summed E-state index contributed by atoms with van der Waals surface area (Å²) in [6, 6.07) is 15.0. The number of nitriles is 1. The van der Waals surface area contributed by atoms with Crippen LogP contribution in [-0.4, -0.2) is 37.7 Å². The molecule has 1 saturated heterocycles. The van der Waals surface area contributed by atoms with E-state index in [2.05, 4.69) is 46.6 Å². The largest absolute Gasteiger partial charge is 0.494 e. The number of ether oxygens (including phenoxy) is 1. The van der Waals surface area contributed by atoms with Gasteiger partial charge in [0.25, 0.3) is 0 Å². The minimum Gasteiger partial charge on any atom is -0.494 e. The third kappa shape index (κ3) is 3.31. The highest BCUT2D eigenvalue weighted by Crippen LogP contribution is 2.37. The van der Waals surface area contributed by atoms with Crippen LogP contribution in [0.1, 0.15) is 24.9 Å². The first-order chi connectivity index (χ1) is 11.3. The van der Waals surface area contributed by atoms with Crippen LogP contribution in [-0.2, 0) is 0 Å². The number of rotatable bonds is 5. The number of nitrogens with zero attached hydrogens (tertiary/aromatic N) is 2. The molecule has 23 heavy (non-hydrogen) atoms. The first kappa shape index (κ1) is 15.8. The van der Waals surface area contributed by atoms with Crippen LogP contribution in [0.25, 0.3) is 10.8 Å². The van der Waals surface area contributed by atoms with Gasteiger partial charge in [-0.2, -0.15) is 5.26 Å². The van der Waals surface area contributed by atoms with Gasteiger partial charge in [-0.15, -0.1) is 0 Å². The lowest BCUT2D eigenvalue weighted by atomic mass is 9.94. The molecular formula is C19H23N3O. The van der Waals surface area contributed by atoms with E-state index >= 15 is 0 Å². The third-order valence-electron chi connectivity index (χ3n) is 4.44. The molecular weight excluding hydrogens is 286 g/mol. The smallest absolute Gasteiger partial charge is 0.124 e. The fourth-order valence-corrected chi connectivity index (χ4v) is 3.39. The number of hydrogen-bond acceptors (Lipinski definition) is 4. The predicted octanol–water partition coefficient (Wildman–Crippen LogP) is 3.10. The van der Waals surface area contributed by atoms with Crippen LogP contribution >= 0.6 is 0 Å². The summed E-state index contributed by atoms with van der Waals surface area (Å²) >= 11 is 0. The standard InChI is InChI=1S/C19H23N3O/c1-2-23-18-8-7-15-5-3-4-6-16(15)19(18)17(9-10-20)22-13-11-21-12-14-22/h3-8,17,21H,2,9,11-14H2,1H3/t17-/m1/s1. The maximum atomic E-state index is 9.39. The van der Waals surface area contributed by atoms with E-state index in [0.717, 1.165) is 37.5 Å². The summed E-state index contributed by atoms with van der Waals surface area (Å²) in [6.45, 7) is 6.49. The van der Waals surface area contributed by atoms with E-state index in [4.69, 9.17) is 4.74 Å². The molecule has 0 aliphatic carbocycles. The van der Waals surface area contributed by atoms with E-state index < -0.39 is 0 Å². The molecule has 4 nitrogen and oxygen atoms in total. The fraction of sp³-hybridized carbons (Fsp3) is 0.421. The van der Waals surface area contributed by atoms with Crippen LogP contribution in [0.2, 0.25) is 0 Å². The Kier molecular flexibility index (Phi) is 5.12. The summed E-state index contributed by atoms with van der Waals surface area (Å²) in [5.74, 6) is 0.907. The van der Waals surface area contributed by atoms with Crippen LogP contribution in [0.4, 0.5) is 0 Å². The Morgan fingerprint density at radius 3 is 2.74 bits per heavy atom. The number of nitrogens with one attached hydrogen (secondary N) is 1. The van der Waals surface area contributed by atoms with Crippen molar-refractivity contribution in [3.8, 4) is 11.8 Å². The number of benzene rings is 2. The lowest BCUT2D eigenvalue weighted by molar-refractivity contribution is 0.173. The second kappa shape index (κ2) is 7.45. The van der Waals surface area contributed by atoms with Gasteiger partial charge in [0.2, 0.25) is 0 Å². The van der Waals surface area contributed by atoms with Gasteiger partial charge in [0.15, 0.2) is 0 Å². The van der Waals surface area contributed by atoms with E-state index in [1.54, 1.807) is 0 Å². The average molecular weight is 309 g/mol. The number of piperazine rings is 1. The summed E-state index contributed by atoms with van der Waals surface area (Å²) in [4.78, 5) is 2.41. The first-order valence-corrected chi connectivity index (χ1v) is 8.31. The first-order valence-electron chi connectivity index (χ1n) is 8.31. The SMILES string of the molecule is CCOc1ccc2ccccc2c1[C@@H](CC#N)N1CCNCC1. The Bertz CT molecular complexity index is 701. The third-order valence-corrected chi connectivity index (χ3v) is 4.44. The van der Waals surface area contributed by atoms with Gasteiger partial charge >= 0.3 is 0 Å². The van der Waals surface area contributed by atoms with E-state index in [9.17, 15) is 5.26 Å². The van der Waals surface area contributed by atoms with Crippen molar-refractivity contribution in [2.45, 2.75) is 19.4 Å². The zero-order chi connectivity index (χ0) is 16.1. The molecule has 2 aromatic rings. The van der Waals surface area contributed by atoms with Crippen molar-refractivity contribution in [2.24, 2.45) is 0 Å². The molecule has 1 fully saturated rings. The van der Waals surface area contributed by atoms with Crippen LogP contribution < -0.4 is 10.1 Å². The quantitative estimate of drug-likeness (QED) is 0.922. The van der Waals surface area contributed by atoms with Crippen LogP contribution in [0, 0.1) is 11.3 Å². The maximum absolute atomic E-state index is 9.39. The molecule has 0 bridgehead atoms. The van der Waals surface area contributed by atoms with E-state index in [-0.39, 0.29) is 6.04 Å². The second-order valence-corrected chi connectivity index (χ2v) is 5.80. The molecule has 0 amide bonds. The molecule has 2 aromatic carbocycles. The number of hydrogen-bond donors (Lipinski definition) is 1. The lowest BCUT2D eigenvalue weighted by Gasteiger charge is -2.35. The topological polar surface area (TPSA) is 48.3 Å². The van der Waals surface area contributed by atoms with Crippen LogP contribution in [0.15, 0.2) is 36.4 Å². The monoisotopic (exact) mass is 309 g/mol. The fourth-order valence-electron chi connectivity index (χ4n) is 3.39. The van der Waals surface area contributed by atoms with Crippen molar-refractivity contribution in [2.75, 3.05) is 32.8 Å². The summed E-state index contributed by atoms with van der Waals surface area (Å²) in [5, 5.41) is 15.2. The van der Waals surface area contributed by atoms with Gasteiger partial charge in [-0.3, -0.25) is 4.90 Å². The molecule has 120 valence electrons. The van der Waals surface area contributed by atoms with Crippen LogP contribution in [0.3, 0.4) is 0 Å². The molecule has 0 aromatic heterocycles. The minimum atomic E-state index is 0.0785. The van der Waals surface area contributed by atoms with Crippen molar-refractivity contribution >= 4 is 10.8 Å². The van der Waals surface area contributed by atoms with Crippen molar-refractivity contribution in [3.05, 3.63) is 42.0 Å². The van der Waals surface area contributed by atoms with Crippen molar-refractivity contribution in [1.82, 2.24) is 10.2 Å². The molecule has 1 aliphatic rings. The molecule has 0 saturated carbocycles. The normalized spacial score (nSPS) is 16.9. The molecule has 0 spiro atoms. The lowest BCUT2D eigenvalue weighted by Crippen LogP contribution is -2.45. The Morgan fingerprint density at radius 2 is 2.00 bits per heavy atom. The average Bonchev–Trinajstić information content (AvgIpc) is 2.61. The van der Waals surface area contributed by atoms with Gasteiger partial charge < -0.3 is 10.1 Å².